The number of amides is 1. The number of ether oxygens (including phenoxy) is 1. The molecule has 1 saturated carbocycles. The van der Waals surface area contributed by atoms with E-state index in [0.29, 0.717) is 12.5 Å². The minimum atomic E-state index is 0.0900. The van der Waals surface area contributed by atoms with Gasteiger partial charge in [0.2, 0.25) is 0 Å². The highest BCUT2D eigenvalue weighted by atomic mass is 32.1. The average Bonchev–Trinajstić information content (AvgIpc) is 3.06. The molecule has 0 unspecified atom stereocenters. The summed E-state index contributed by atoms with van der Waals surface area (Å²) in [6.07, 6.45) is 6.45. The summed E-state index contributed by atoms with van der Waals surface area (Å²) in [7, 11) is 1.91. The molecule has 4 nitrogen and oxygen atoms in total. The average molecular weight is 359 g/mol. The van der Waals surface area contributed by atoms with Crippen LogP contribution in [0.15, 0.2) is 29.6 Å². The molecule has 1 fully saturated rings. The van der Waals surface area contributed by atoms with Crippen molar-refractivity contribution < 1.29 is 9.53 Å². The largest absolute Gasteiger partial charge is 0.487 e. The van der Waals surface area contributed by atoms with Gasteiger partial charge in [0.25, 0.3) is 5.91 Å². The Balaban J connectivity index is 1.52. The van der Waals surface area contributed by atoms with Gasteiger partial charge in [-0.2, -0.15) is 0 Å². The third-order valence-corrected chi connectivity index (χ3v) is 5.58. The van der Waals surface area contributed by atoms with Crippen LogP contribution in [0.3, 0.4) is 0 Å². The first-order chi connectivity index (χ1) is 12.1. The molecule has 3 rings (SSSR count). The number of hydrogen-bond acceptors (Lipinski definition) is 4. The lowest BCUT2D eigenvalue weighted by Crippen LogP contribution is -2.32. The van der Waals surface area contributed by atoms with Gasteiger partial charge in [0.05, 0.1) is 10.7 Å². The van der Waals surface area contributed by atoms with Crippen LogP contribution in [0.25, 0.3) is 0 Å². The van der Waals surface area contributed by atoms with Crippen molar-refractivity contribution in [3.63, 3.8) is 0 Å². The fourth-order valence-electron chi connectivity index (χ4n) is 3.39. The van der Waals surface area contributed by atoms with Crippen molar-refractivity contribution in [3.8, 4) is 5.75 Å². The number of hydrogen-bond donors (Lipinski definition) is 0. The molecule has 0 spiro atoms. The Morgan fingerprint density at radius 1 is 1.24 bits per heavy atom. The summed E-state index contributed by atoms with van der Waals surface area (Å²) in [6, 6.07) is 7.42. The van der Waals surface area contributed by atoms with Crippen molar-refractivity contribution in [1.29, 1.82) is 0 Å². The van der Waals surface area contributed by atoms with Crippen molar-refractivity contribution >= 4 is 17.2 Å². The van der Waals surface area contributed by atoms with Crippen LogP contribution in [0, 0.1) is 12.8 Å². The summed E-state index contributed by atoms with van der Waals surface area (Å²) in [5.41, 5.74) is 1.66. The van der Waals surface area contributed by atoms with E-state index >= 15 is 0 Å². The highest BCUT2D eigenvalue weighted by molar-refractivity contribution is 7.09. The second-order valence-electron chi connectivity index (χ2n) is 6.86. The third kappa shape index (κ3) is 5.05. The Morgan fingerprint density at radius 2 is 1.96 bits per heavy atom. The van der Waals surface area contributed by atoms with Gasteiger partial charge in [-0.3, -0.25) is 4.79 Å². The van der Waals surface area contributed by atoms with Gasteiger partial charge < -0.3 is 9.64 Å². The second-order valence-corrected chi connectivity index (χ2v) is 7.92. The van der Waals surface area contributed by atoms with Crippen molar-refractivity contribution in [2.24, 2.45) is 5.92 Å². The molecule has 0 atom stereocenters. The molecule has 1 aliphatic carbocycles. The molecule has 2 aromatic rings. The predicted octanol–water partition coefficient (Wildman–Crippen LogP) is 4.68. The molecule has 1 amide bonds. The van der Waals surface area contributed by atoms with E-state index < -0.39 is 0 Å². The van der Waals surface area contributed by atoms with Crippen LogP contribution in [0.4, 0.5) is 0 Å². The molecule has 1 aliphatic rings. The van der Waals surface area contributed by atoms with E-state index in [1.165, 1.54) is 32.1 Å². The zero-order valence-electron chi connectivity index (χ0n) is 15.0. The SMILES string of the molecule is Cc1nc(COc2ccc(C(=O)N(C)CC3CCCCC3)cc2)cs1. The number of carbonyl (C=O) groups is 1. The van der Waals surface area contributed by atoms with E-state index in [9.17, 15) is 4.79 Å². The lowest BCUT2D eigenvalue weighted by molar-refractivity contribution is 0.0760. The van der Waals surface area contributed by atoms with Crippen molar-refractivity contribution in [1.82, 2.24) is 9.88 Å². The zero-order valence-corrected chi connectivity index (χ0v) is 15.8. The first-order valence-corrected chi connectivity index (χ1v) is 9.89. The molecule has 5 heteroatoms. The Hall–Kier alpha value is -1.88. The van der Waals surface area contributed by atoms with E-state index in [2.05, 4.69) is 4.98 Å². The van der Waals surface area contributed by atoms with E-state index in [1.54, 1.807) is 11.3 Å². The molecular weight excluding hydrogens is 332 g/mol. The molecular formula is C20H26N2O2S. The van der Waals surface area contributed by atoms with Gasteiger partial charge in [0.1, 0.15) is 12.4 Å². The van der Waals surface area contributed by atoms with Crippen LogP contribution in [-0.4, -0.2) is 29.4 Å². The molecule has 25 heavy (non-hydrogen) atoms. The van der Waals surface area contributed by atoms with E-state index in [0.717, 1.165) is 28.6 Å². The highest BCUT2D eigenvalue weighted by Gasteiger charge is 2.19. The van der Waals surface area contributed by atoms with Gasteiger partial charge in [-0.05, 0) is 49.9 Å². The molecule has 134 valence electrons. The van der Waals surface area contributed by atoms with E-state index in [4.69, 9.17) is 4.74 Å². The summed E-state index contributed by atoms with van der Waals surface area (Å²) in [6.45, 7) is 3.30. The minimum absolute atomic E-state index is 0.0900. The monoisotopic (exact) mass is 358 g/mol. The van der Waals surface area contributed by atoms with Gasteiger partial charge in [-0.15, -0.1) is 11.3 Å². The molecule has 1 heterocycles. The molecule has 0 aliphatic heterocycles. The topological polar surface area (TPSA) is 42.4 Å². The zero-order chi connectivity index (χ0) is 17.6. The van der Waals surface area contributed by atoms with Gasteiger partial charge in [-0.25, -0.2) is 4.98 Å². The van der Waals surface area contributed by atoms with Gasteiger partial charge in [0, 0.05) is 24.5 Å². The lowest BCUT2D eigenvalue weighted by atomic mass is 9.89. The van der Waals surface area contributed by atoms with Crippen molar-refractivity contribution in [2.75, 3.05) is 13.6 Å². The van der Waals surface area contributed by atoms with Crippen LogP contribution in [0.1, 0.15) is 53.2 Å². The maximum atomic E-state index is 12.6. The third-order valence-electron chi connectivity index (χ3n) is 4.76. The maximum Gasteiger partial charge on any atom is 0.253 e. The number of rotatable bonds is 6. The molecule has 0 saturated heterocycles. The first-order valence-electron chi connectivity index (χ1n) is 9.01. The number of thiazole rings is 1. The number of carbonyl (C=O) groups excluding carboxylic acids is 1. The van der Waals surface area contributed by atoms with Crippen LogP contribution < -0.4 is 4.74 Å². The summed E-state index contributed by atoms with van der Waals surface area (Å²) in [5.74, 6) is 1.51. The molecule has 0 radical (unpaired) electrons. The molecule has 1 aromatic carbocycles. The van der Waals surface area contributed by atoms with Crippen molar-refractivity contribution in [2.45, 2.75) is 45.6 Å². The predicted molar refractivity (Wildman–Crippen MR) is 101 cm³/mol. The quantitative estimate of drug-likeness (QED) is 0.753. The molecule has 0 N–H and O–H groups in total. The second kappa shape index (κ2) is 8.48. The lowest BCUT2D eigenvalue weighted by Gasteiger charge is -2.27. The van der Waals surface area contributed by atoms with E-state index in [1.807, 2.05) is 48.5 Å². The Morgan fingerprint density at radius 3 is 2.60 bits per heavy atom. The number of aromatic nitrogens is 1. The number of nitrogens with zero attached hydrogens (tertiary/aromatic N) is 2. The smallest absolute Gasteiger partial charge is 0.253 e. The maximum absolute atomic E-state index is 12.6. The van der Waals surface area contributed by atoms with Gasteiger partial charge in [-0.1, -0.05) is 19.3 Å². The normalized spacial score (nSPS) is 15.1. The number of aryl methyl sites for hydroxylation is 1. The number of benzene rings is 1. The van der Waals surface area contributed by atoms with Crippen LogP contribution in [-0.2, 0) is 6.61 Å². The van der Waals surface area contributed by atoms with Gasteiger partial charge >= 0.3 is 0 Å². The first kappa shape index (κ1) is 17.9. The van der Waals surface area contributed by atoms with Crippen LogP contribution in [0.2, 0.25) is 0 Å². The summed E-state index contributed by atoms with van der Waals surface area (Å²) < 4.78 is 5.74. The molecule has 1 aromatic heterocycles. The molecule has 0 bridgehead atoms. The fourth-order valence-corrected chi connectivity index (χ4v) is 3.98. The summed E-state index contributed by atoms with van der Waals surface area (Å²) in [4.78, 5) is 18.8. The Kier molecular flexibility index (Phi) is 6.08. The van der Waals surface area contributed by atoms with E-state index in [-0.39, 0.29) is 5.91 Å². The van der Waals surface area contributed by atoms with Crippen molar-refractivity contribution in [3.05, 3.63) is 45.9 Å². The fraction of sp³-hybridized carbons (Fsp3) is 0.500. The van der Waals surface area contributed by atoms with Crippen LogP contribution >= 0.6 is 11.3 Å². The Labute approximate surface area is 153 Å². The Bertz CT molecular complexity index is 690. The summed E-state index contributed by atoms with van der Waals surface area (Å²) >= 11 is 1.62. The van der Waals surface area contributed by atoms with Gasteiger partial charge in [0.15, 0.2) is 0 Å². The minimum Gasteiger partial charge on any atom is -0.487 e. The standard InChI is InChI=1S/C20H26N2O2S/c1-15-21-18(14-25-15)13-24-19-10-8-17(9-11-19)20(23)22(2)12-16-6-4-3-5-7-16/h8-11,14,16H,3-7,12-13H2,1-2H3. The van der Waals surface area contributed by atoms with Crippen LogP contribution in [0.5, 0.6) is 5.75 Å². The summed E-state index contributed by atoms with van der Waals surface area (Å²) in [5, 5.41) is 3.05. The highest BCUT2D eigenvalue weighted by Crippen LogP contribution is 2.24.